The topological polar surface area (TPSA) is 43.6 Å². The van der Waals surface area contributed by atoms with Gasteiger partial charge in [-0.15, -0.1) is 0 Å². The smallest absolute Gasteiger partial charge is 0.178 e. The van der Waals surface area contributed by atoms with Gasteiger partial charge in [0.1, 0.15) is 16.8 Å². The number of rotatable bonds is 2. The van der Waals surface area contributed by atoms with E-state index in [1.165, 1.54) is 6.20 Å². The van der Waals surface area contributed by atoms with E-state index in [1.807, 2.05) is 0 Å². The summed E-state index contributed by atoms with van der Waals surface area (Å²) in [5, 5.41) is 4.45. The molecule has 3 rings (SSSR count). The Bertz CT molecular complexity index is 512. The summed E-state index contributed by atoms with van der Waals surface area (Å²) in [5.41, 5.74) is 1.32. The van der Waals surface area contributed by atoms with Gasteiger partial charge in [-0.3, -0.25) is 0 Å². The van der Waals surface area contributed by atoms with E-state index in [1.54, 1.807) is 10.9 Å². The average molecular weight is 227 g/mol. The van der Waals surface area contributed by atoms with Crippen molar-refractivity contribution < 1.29 is 4.39 Å². The van der Waals surface area contributed by atoms with E-state index < -0.39 is 6.17 Å². The Morgan fingerprint density at radius 1 is 1.53 bits per heavy atom. The third-order valence-electron chi connectivity index (χ3n) is 2.56. The van der Waals surface area contributed by atoms with Gasteiger partial charge in [0.15, 0.2) is 5.65 Å². The van der Waals surface area contributed by atoms with Crippen LogP contribution in [0.1, 0.15) is 6.42 Å². The molecule has 1 saturated carbocycles. The summed E-state index contributed by atoms with van der Waals surface area (Å²) in [4.78, 5) is 8.20. The predicted octanol–water partition coefficient (Wildman–Crippen LogP) is 1.84. The van der Waals surface area contributed by atoms with Gasteiger partial charge in [-0.05, 0) is 6.42 Å². The van der Waals surface area contributed by atoms with Gasteiger partial charge < -0.3 is 0 Å². The summed E-state index contributed by atoms with van der Waals surface area (Å²) in [6, 6.07) is 0. The van der Waals surface area contributed by atoms with E-state index in [-0.39, 0.29) is 5.92 Å². The molecule has 1 fully saturated rings. The first kappa shape index (κ1) is 9.03. The van der Waals surface area contributed by atoms with Crippen molar-refractivity contribution in [2.75, 3.05) is 0 Å². The highest BCUT2D eigenvalue weighted by Gasteiger charge is 2.38. The first-order valence-electron chi connectivity index (χ1n) is 4.72. The second-order valence-electron chi connectivity index (χ2n) is 3.74. The highest BCUT2D eigenvalue weighted by atomic mass is 35.5. The van der Waals surface area contributed by atoms with Gasteiger partial charge in [-0.25, -0.2) is 19.0 Å². The number of fused-ring (bicyclic) bond motifs is 1. The van der Waals surface area contributed by atoms with Crippen LogP contribution in [-0.4, -0.2) is 25.9 Å². The van der Waals surface area contributed by atoms with Gasteiger partial charge in [0, 0.05) is 12.5 Å². The summed E-state index contributed by atoms with van der Waals surface area (Å²) in [7, 11) is 0. The molecule has 0 aromatic carbocycles. The van der Waals surface area contributed by atoms with Crippen LogP contribution in [0.2, 0.25) is 5.15 Å². The molecule has 0 spiro atoms. The number of aromatic nitrogens is 4. The van der Waals surface area contributed by atoms with Crippen molar-refractivity contribution in [3.63, 3.8) is 0 Å². The van der Waals surface area contributed by atoms with E-state index in [9.17, 15) is 4.39 Å². The lowest BCUT2D eigenvalue weighted by Crippen LogP contribution is -2.04. The third kappa shape index (κ3) is 1.56. The minimum atomic E-state index is -0.684. The first-order valence-corrected chi connectivity index (χ1v) is 5.10. The standard InChI is InChI=1S/C9H8ClFN4/c10-8-3-12-7-2-13-15(9(7)14-8)4-5-1-6(5)11/h2-3,5-6H,1,4H2/t5-,6+/m1/s1. The monoisotopic (exact) mass is 226 g/mol. The average Bonchev–Trinajstić information content (AvgIpc) is 2.74. The van der Waals surface area contributed by atoms with E-state index in [2.05, 4.69) is 15.1 Å². The maximum Gasteiger partial charge on any atom is 0.178 e. The molecule has 15 heavy (non-hydrogen) atoms. The first-order chi connectivity index (χ1) is 7.24. The van der Waals surface area contributed by atoms with E-state index in [0.29, 0.717) is 29.3 Å². The minimum absolute atomic E-state index is 0.0777. The number of hydrogen-bond acceptors (Lipinski definition) is 3. The maximum atomic E-state index is 12.7. The maximum absolute atomic E-state index is 12.7. The van der Waals surface area contributed by atoms with Crippen LogP contribution in [0.5, 0.6) is 0 Å². The van der Waals surface area contributed by atoms with Crippen LogP contribution in [-0.2, 0) is 6.54 Å². The van der Waals surface area contributed by atoms with Crippen LogP contribution in [0.3, 0.4) is 0 Å². The molecule has 1 aliphatic rings. The number of hydrogen-bond donors (Lipinski definition) is 0. The van der Waals surface area contributed by atoms with Crippen LogP contribution in [0.25, 0.3) is 11.2 Å². The van der Waals surface area contributed by atoms with Gasteiger partial charge in [0.05, 0.1) is 12.4 Å². The Hall–Kier alpha value is -1.23. The SMILES string of the molecule is F[C@H]1C[C@@H]1Cn1ncc2ncc(Cl)nc21. The van der Waals surface area contributed by atoms with E-state index in [4.69, 9.17) is 11.6 Å². The largest absolute Gasteiger partial charge is 0.248 e. The molecule has 1 aliphatic carbocycles. The van der Waals surface area contributed by atoms with Crippen molar-refractivity contribution in [3.8, 4) is 0 Å². The molecular weight excluding hydrogens is 219 g/mol. The summed E-state index contributed by atoms with van der Waals surface area (Å²) in [6.07, 6.45) is 3.03. The predicted molar refractivity (Wildman–Crippen MR) is 53.3 cm³/mol. The van der Waals surface area contributed by atoms with Crippen molar-refractivity contribution in [3.05, 3.63) is 17.5 Å². The van der Waals surface area contributed by atoms with Gasteiger partial charge >= 0.3 is 0 Å². The molecule has 0 N–H and O–H groups in total. The fourth-order valence-corrected chi connectivity index (χ4v) is 1.71. The lowest BCUT2D eigenvalue weighted by Gasteiger charge is -1.99. The van der Waals surface area contributed by atoms with Crippen molar-refractivity contribution in [1.82, 2.24) is 19.7 Å². The zero-order valence-corrected chi connectivity index (χ0v) is 8.52. The lowest BCUT2D eigenvalue weighted by molar-refractivity contribution is 0.419. The molecule has 2 atom stereocenters. The molecule has 4 nitrogen and oxygen atoms in total. The number of alkyl halides is 1. The molecule has 0 radical (unpaired) electrons. The number of halogens is 2. The molecule has 2 aromatic rings. The van der Waals surface area contributed by atoms with E-state index in [0.717, 1.165) is 0 Å². The van der Waals surface area contributed by atoms with Crippen molar-refractivity contribution in [2.24, 2.45) is 5.92 Å². The lowest BCUT2D eigenvalue weighted by atomic mass is 10.4. The Kier molecular flexibility index (Phi) is 1.88. The van der Waals surface area contributed by atoms with Crippen molar-refractivity contribution in [2.45, 2.75) is 19.1 Å². The van der Waals surface area contributed by atoms with Crippen LogP contribution in [0.15, 0.2) is 12.4 Å². The molecule has 2 heterocycles. The van der Waals surface area contributed by atoms with E-state index >= 15 is 0 Å². The molecule has 2 aromatic heterocycles. The zero-order chi connectivity index (χ0) is 10.4. The fourth-order valence-electron chi connectivity index (χ4n) is 1.58. The summed E-state index contributed by atoms with van der Waals surface area (Å²) >= 11 is 5.74. The summed E-state index contributed by atoms with van der Waals surface area (Å²) in [6.45, 7) is 0.555. The van der Waals surface area contributed by atoms with Crippen LogP contribution in [0.4, 0.5) is 4.39 Å². The Morgan fingerprint density at radius 3 is 3.07 bits per heavy atom. The van der Waals surface area contributed by atoms with Crippen LogP contribution < -0.4 is 0 Å². The highest BCUT2D eigenvalue weighted by molar-refractivity contribution is 6.29. The molecule has 0 aliphatic heterocycles. The van der Waals surface area contributed by atoms with Gasteiger partial charge in [-0.1, -0.05) is 11.6 Å². The molecule has 78 valence electrons. The highest BCUT2D eigenvalue weighted by Crippen LogP contribution is 2.35. The molecular formula is C9H8ClFN4. The molecule has 0 saturated heterocycles. The van der Waals surface area contributed by atoms with Crippen LogP contribution in [0, 0.1) is 5.92 Å². The number of nitrogens with zero attached hydrogens (tertiary/aromatic N) is 4. The molecule has 0 bridgehead atoms. The molecule has 0 unspecified atom stereocenters. The zero-order valence-electron chi connectivity index (χ0n) is 7.77. The quantitative estimate of drug-likeness (QED) is 0.785. The Labute approximate surface area is 90.1 Å². The molecule has 0 amide bonds. The minimum Gasteiger partial charge on any atom is -0.248 e. The van der Waals surface area contributed by atoms with Gasteiger partial charge in [0.2, 0.25) is 0 Å². The summed E-state index contributed by atoms with van der Waals surface area (Å²) in [5.74, 6) is 0.0777. The van der Waals surface area contributed by atoms with Crippen molar-refractivity contribution >= 4 is 22.8 Å². The van der Waals surface area contributed by atoms with Crippen LogP contribution >= 0.6 is 11.6 Å². The van der Waals surface area contributed by atoms with Gasteiger partial charge in [0.25, 0.3) is 0 Å². The Balaban J connectivity index is 1.99. The Morgan fingerprint density at radius 2 is 2.33 bits per heavy atom. The van der Waals surface area contributed by atoms with Crippen molar-refractivity contribution in [1.29, 1.82) is 0 Å². The second-order valence-corrected chi connectivity index (χ2v) is 4.13. The second kappa shape index (κ2) is 3.13. The normalized spacial score (nSPS) is 24.7. The fraction of sp³-hybridized carbons (Fsp3) is 0.444. The summed E-state index contributed by atoms with van der Waals surface area (Å²) < 4.78 is 14.4. The molecule has 6 heteroatoms. The van der Waals surface area contributed by atoms with Gasteiger partial charge in [-0.2, -0.15) is 5.10 Å². The third-order valence-corrected chi connectivity index (χ3v) is 2.74.